The molecule has 132 valence electrons. The van der Waals surface area contributed by atoms with Gasteiger partial charge < -0.3 is 14.4 Å². The van der Waals surface area contributed by atoms with Gasteiger partial charge in [-0.1, -0.05) is 12.1 Å². The molecule has 2 saturated heterocycles. The SMILES string of the molecule is O=C(c1cccc(Oc2ccccn2)c1)N1CC(N2C(=O)COC2=O)C1. The highest BCUT2D eigenvalue weighted by Crippen LogP contribution is 2.24. The van der Waals surface area contributed by atoms with Crippen molar-refractivity contribution in [2.75, 3.05) is 19.7 Å². The molecule has 2 aromatic rings. The third kappa shape index (κ3) is 2.97. The van der Waals surface area contributed by atoms with Crippen LogP contribution in [0.1, 0.15) is 10.4 Å². The van der Waals surface area contributed by atoms with Crippen LogP contribution in [0.3, 0.4) is 0 Å². The molecule has 0 aliphatic carbocycles. The van der Waals surface area contributed by atoms with Gasteiger partial charge in [0.25, 0.3) is 11.8 Å². The van der Waals surface area contributed by atoms with Gasteiger partial charge in [-0.3, -0.25) is 9.59 Å². The zero-order valence-electron chi connectivity index (χ0n) is 13.7. The summed E-state index contributed by atoms with van der Waals surface area (Å²) in [6.45, 7) is 0.367. The van der Waals surface area contributed by atoms with Crippen molar-refractivity contribution in [3.8, 4) is 11.6 Å². The Kier molecular flexibility index (Phi) is 4.00. The molecule has 0 radical (unpaired) electrons. The molecule has 26 heavy (non-hydrogen) atoms. The number of hydrogen-bond donors (Lipinski definition) is 0. The van der Waals surface area contributed by atoms with Crippen molar-refractivity contribution in [2.45, 2.75) is 6.04 Å². The summed E-state index contributed by atoms with van der Waals surface area (Å²) < 4.78 is 10.3. The lowest BCUT2D eigenvalue weighted by atomic mass is 10.0. The van der Waals surface area contributed by atoms with Gasteiger partial charge in [0, 0.05) is 30.9 Å². The monoisotopic (exact) mass is 353 g/mol. The van der Waals surface area contributed by atoms with Crippen LogP contribution in [0.4, 0.5) is 4.79 Å². The summed E-state index contributed by atoms with van der Waals surface area (Å²) in [6, 6.07) is 11.8. The van der Waals surface area contributed by atoms with Crippen LogP contribution in [-0.4, -0.2) is 58.4 Å². The molecule has 0 spiro atoms. The number of rotatable bonds is 4. The summed E-state index contributed by atoms with van der Waals surface area (Å²) in [7, 11) is 0. The van der Waals surface area contributed by atoms with Crippen LogP contribution in [0.25, 0.3) is 0 Å². The van der Waals surface area contributed by atoms with Gasteiger partial charge in [0.2, 0.25) is 5.88 Å². The van der Waals surface area contributed by atoms with Gasteiger partial charge in [0.1, 0.15) is 5.75 Å². The number of carbonyl (C=O) groups excluding carboxylic acids is 3. The largest absolute Gasteiger partial charge is 0.439 e. The molecule has 0 bridgehead atoms. The number of imide groups is 1. The van der Waals surface area contributed by atoms with Gasteiger partial charge in [-0.15, -0.1) is 0 Å². The van der Waals surface area contributed by atoms with Crippen molar-refractivity contribution in [1.82, 2.24) is 14.8 Å². The van der Waals surface area contributed by atoms with Crippen molar-refractivity contribution >= 4 is 17.9 Å². The normalized spacial score (nSPS) is 17.1. The van der Waals surface area contributed by atoms with E-state index in [0.717, 1.165) is 4.90 Å². The van der Waals surface area contributed by atoms with Crippen LogP contribution in [0.2, 0.25) is 0 Å². The zero-order valence-corrected chi connectivity index (χ0v) is 13.7. The van der Waals surface area contributed by atoms with E-state index in [1.54, 1.807) is 47.5 Å². The van der Waals surface area contributed by atoms with E-state index in [1.165, 1.54) is 0 Å². The van der Waals surface area contributed by atoms with Crippen LogP contribution in [0.5, 0.6) is 11.6 Å². The Balaban J connectivity index is 1.41. The average molecular weight is 353 g/mol. The molecule has 8 nitrogen and oxygen atoms in total. The molecule has 2 fully saturated rings. The lowest BCUT2D eigenvalue weighted by Gasteiger charge is -2.41. The van der Waals surface area contributed by atoms with E-state index in [9.17, 15) is 14.4 Å². The third-order valence-electron chi connectivity index (χ3n) is 4.24. The average Bonchev–Trinajstić information content (AvgIpc) is 2.94. The number of cyclic esters (lactones) is 1. The molecule has 1 aromatic carbocycles. The molecular formula is C18H15N3O5. The molecule has 0 atom stereocenters. The second-order valence-corrected chi connectivity index (χ2v) is 5.98. The zero-order chi connectivity index (χ0) is 18.1. The molecule has 8 heteroatoms. The molecule has 2 aliphatic heterocycles. The summed E-state index contributed by atoms with van der Waals surface area (Å²) in [5, 5.41) is 0. The quantitative estimate of drug-likeness (QED) is 0.831. The highest BCUT2D eigenvalue weighted by Gasteiger charge is 2.44. The van der Waals surface area contributed by atoms with Gasteiger partial charge in [-0.25, -0.2) is 14.7 Å². The predicted octanol–water partition coefficient (Wildman–Crippen LogP) is 1.68. The topological polar surface area (TPSA) is 89.0 Å². The molecular weight excluding hydrogens is 338 g/mol. The number of aromatic nitrogens is 1. The molecule has 3 heterocycles. The van der Waals surface area contributed by atoms with Crippen LogP contribution in [0, 0.1) is 0 Å². The summed E-state index contributed by atoms with van der Waals surface area (Å²) in [5.74, 6) is 0.391. The van der Waals surface area contributed by atoms with Crippen molar-refractivity contribution in [2.24, 2.45) is 0 Å². The molecule has 3 amide bonds. The van der Waals surface area contributed by atoms with Crippen LogP contribution >= 0.6 is 0 Å². The van der Waals surface area contributed by atoms with E-state index in [0.29, 0.717) is 30.3 Å². The minimum atomic E-state index is -0.641. The number of likely N-dealkylation sites (tertiary alicyclic amines) is 1. The highest BCUT2D eigenvalue weighted by molar-refractivity contribution is 5.99. The maximum absolute atomic E-state index is 12.6. The Morgan fingerprint density at radius 3 is 2.69 bits per heavy atom. The maximum atomic E-state index is 12.6. The molecule has 4 rings (SSSR count). The number of nitrogens with zero attached hydrogens (tertiary/aromatic N) is 3. The van der Waals surface area contributed by atoms with E-state index in [2.05, 4.69) is 4.98 Å². The van der Waals surface area contributed by atoms with E-state index in [1.807, 2.05) is 6.07 Å². The van der Waals surface area contributed by atoms with Crippen LogP contribution in [0.15, 0.2) is 48.7 Å². The minimum absolute atomic E-state index is 0.187. The lowest BCUT2D eigenvalue weighted by Crippen LogP contribution is -2.62. The smallest absolute Gasteiger partial charge is 0.417 e. The first-order valence-electron chi connectivity index (χ1n) is 8.09. The number of hydrogen-bond acceptors (Lipinski definition) is 6. The second kappa shape index (κ2) is 6.47. The number of ether oxygens (including phenoxy) is 2. The minimum Gasteiger partial charge on any atom is -0.439 e. The lowest BCUT2D eigenvalue weighted by molar-refractivity contribution is -0.129. The van der Waals surface area contributed by atoms with Gasteiger partial charge in [0.15, 0.2) is 6.61 Å². The van der Waals surface area contributed by atoms with Crippen molar-refractivity contribution in [1.29, 1.82) is 0 Å². The Morgan fingerprint density at radius 2 is 2.00 bits per heavy atom. The Morgan fingerprint density at radius 1 is 1.15 bits per heavy atom. The number of benzene rings is 1. The van der Waals surface area contributed by atoms with Crippen molar-refractivity contribution in [3.05, 3.63) is 54.2 Å². The summed E-state index contributed by atoms with van der Waals surface area (Å²) in [6.07, 6.45) is 0.979. The maximum Gasteiger partial charge on any atom is 0.417 e. The van der Waals surface area contributed by atoms with E-state index in [4.69, 9.17) is 9.47 Å². The second-order valence-electron chi connectivity index (χ2n) is 5.98. The summed E-state index contributed by atoms with van der Waals surface area (Å²) >= 11 is 0. The predicted molar refractivity (Wildman–Crippen MR) is 88.6 cm³/mol. The fourth-order valence-corrected chi connectivity index (χ4v) is 2.90. The molecule has 0 unspecified atom stereocenters. The van der Waals surface area contributed by atoms with E-state index in [-0.39, 0.29) is 24.5 Å². The Labute approximate surface area is 148 Å². The third-order valence-corrected chi connectivity index (χ3v) is 4.24. The number of pyridine rings is 1. The summed E-state index contributed by atoms with van der Waals surface area (Å²) in [4.78, 5) is 42.5. The first kappa shape index (κ1) is 16.1. The van der Waals surface area contributed by atoms with Gasteiger partial charge in [-0.05, 0) is 24.3 Å². The molecule has 0 saturated carbocycles. The standard InChI is InChI=1S/C18H15N3O5/c22-16-11-25-18(24)21(16)13-9-20(10-13)17(23)12-4-3-5-14(8-12)26-15-6-1-2-7-19-15/h1-8,13H,9-11H2. The van der Waals surface area contributed by atoms with Crippen LogP contribution in [-0.2, 0) is 9.53 Å². The van der Waals surface area contributed by atoms with Gasteiger partial charge in [0.05, 0.1) is 6.04 Å². The first-order chi connectivity index (χ1) is 12.6. The molecule has 2 aliphatic rings. The van der Waals surface area contributed by atoms with Crippen molar-refractivity contribution in [3.63, 3.8) is 0 Å². The Bertz CT molecular complexity index is 848. The van der Waals surface area contributed by atoms with Gasteiger partial charge in [-0.2, -0.15) is 0 Å². The number of carbonyl (C=O) groups is 3. The summed E-state index contributed by atoms with van der Waals surface area (Å²) in [5.41, 5.74) is 0.465. The Hall–Kier alpha value is -3.42. The van der Waals surface area contributed by atoms with E-state index < -0.39 is 6.09 Å². The molecule has 0 N–H and O–H groups in total. The van der Waals surface area contributed by atoms with Crippen molar-refractivity contribution < 1.29 is 23.9 Å². The number of amides is 3. The fourth-order valence-electron chi connectivity index (χ4n) is 2.90. The highest BCUT2D eigenvalue weighted by atomic mass is 16.6. The van der Waals surface area contributed by atoms with Gasteiger partial charge >= 0.3 is 6.09 Å². The fraction of sp³-hybridized carbons (Fsp3) is 0.222. The molecule has 1 aromatic heterocycles. The van der Waals surface area contributed by atoms with Crippen LogP contribution < -0.4 is 4.74 Å². The first-order valence-corrected chi connectivity index (χ1v) is 8.09. The van der Waals surface area contributed by atoms with E-state index >= 15 is 0 Å².